The molecule has 0 saturated carbocycles. The van der Waals surface area contributed by atoms with Crippen molar-refractivity contribution in [2.24, 2.45) is 0 Å². The van der Waals surface area contributed by atoms with Crippen molar-refractivity contribution in [3.63, 3.8) is 0 Å². The molecule has 4 heteroatoms. The molecule has 0 aliphatic heterocycles. The molecule has 1 atom stereocenters. The molecule has 1 N–H and O–H groups in total. The number of thioether (sulfide) groups is 1. The molecule has 118 valence electrons. The van der Waals surface area contributed by atoms with Crippen molar-refractivity contribution in [2.45, 2.75) is 11.0 Å². The third-order valence-corrected chi connectivity index (χ3v) is 4.58. The van der Waals surface area contributed by atoms with Crippen LogP contribution in [0.5, 0.6) is 5.75 Å². The topological polar surface area (TPSA) is 29.5 Å². The van der Waals surface area contributed by atoms with Gasteiger partial charge in [0, 0.05) is 10.6 Å². The first-order valence-electron chi connectivity index (χ1n) is 7.39. The number of fused-ring (bicyclic) bond motifs is 1. The second-order valence-electron chi connectivity index (χ2n) is 5.24. The van der Waals surface area contributed by atoms with Gasteiger partial charge in [-0.15, -0.1) is 11.8 Å². The Hall–Kier alpha value is -2.04. The van der Waals surface area contributed by atoms with Crippen LogP contribution in [0, 0.1) is 5.82 Å². The standard InChI is InChI=1S/C19H17FO2S/c20-16-6-9-19(10-7-16)23-13-17(21)12-22-18-8-5-14-3-1-2-4-15(14)11-18/h1-11,17,21H,12-13H2. The van der Waals surface area contributed by atoms with Gasteiger partial charge in [-0.05, 0) is 47.2 Å². The second kappa shape index (κ2) is 7.49. The summed E-state index contributed by atoms with van der Waals surface area (Å²) in [5.74, 6) is 0.989. The SMILES string of the molecule is OC(COc1ccc2ccccc2c1)CSc1ccc(F)cc1. The highest BCUT2D eigenvalue weighted by atomic mass is 32.2. The van der Waals surface area contributed by atoms with Crippen molar-refractivity contribution in [3.8, 4) is 5.75 Å². The number of aliphatic hydroxyl groups excluding tert-OH is 1. The molecule has 0 aliphatic carbocycles. The van der Waals surface area contributed by atoms with Crippen molar-refractivity contribution in [1.82, 2.24) is 0 Å². The highest BCUT2D eigenvalue weighted by Crippen LogP contribution is 2.22. The lowest BCUT2D eigenvalue weighted by atomic mass is 10.1. The fourth-order valence-electron chi connectivity index (χ4n) is 2.22. The first-order chi connectivity index (χ1) is 11.2. The zero-order valence-electron chi connectivity index (χ0n) is 12.5. The van der Waals surface area contributed by atoms with Crippen LogP contribution in [0.2, 0.25) is 0 Å². The monoisotopic (exact) mass is 328 g/mol. The maximum absolute atomic E-state index is 12.8. The Morgan fingerprint density at radius 2 is 1.70 bits per heavy atom. The fraction of sp³-hybridized carbons (Fsp3) is 0.158. The molecule has 3 aromatic carbocycles. The number of halogens is 1. The number of hydrogen-bond donors (Lipinski definition) is 1. The van der Waals surface area contributed by atoms with E-state index < -0.39 is 6.10 Å². The van der Waals surface area contributed by atoms with Crippen LogP contribution in [-0.2, 0) is 0 Å². The summed E-state index contributed by atoms with van der Waals surface area (Å²) in [6, 6.07) is 20.2. The minimum absolute atomic E-state index is 0.229. The Bertz CT molecular complexity index is 774. The first-order valence-corrected chi connectivity index (χ1v) is 8.37. The minimum Gasteiger partial charge on any atom is -0.491 e. The van der Waals surface area contributed by atoms with Crippen LogP contribution in [0.1, 0.15) is 0 Å². The minimum atomic E-state index is -0.587. The number of benzene rings is 3. The zero-order valence-corrected chi connectivity index (χ0v) is 13.3. The van der Waals surface area contributed by atoms with Gasteiger partial charge < -0.3 is 9.84 Å². The average molecular weight is 328 g/mol. The summed E-state index contributed by atoms with van der Waals surface area (Å²) >= 11 is 1.48. The third-order valence-electron chi connectivity index (χ3n) is 3.42. The van der Waals surface area contributed by atoms with E-state index in [1.54, 1.807) is 12.1 Å². The Morgan fingerprint density at radius 1 is 0.957 bits per heavy atom. The van der Waals surface area contributed by atoms with Crippen LogP contribution in [0.4, 0.5) is 4.39 Å². The summed E-state index contributed by atoms with van der Waals surface area (Å²) in [6.07, 6.45) is -0.587. The second-order valence-corrected chi connectivity index (χ2v) is 6.33. The van der Waals surface area contributed by atoms with Crippen molar-refractivity contribution < 1.29 is 14.2 Å². The molecule has 0 fully saturated rings. The van der Waals surface area contributed by atoms with Gasteiger partial charge in [-0.25, -0.2) is 4.39 Å². The lowest BCUT2D eigenvalue weighted by Crippen LogP contribution is -2.20. The smallest absolute Gasteiger partial charge is 0.123 e. The van der Waals surface area contributed by atoms with Crippen LogP contribution in [0.25, 0.3) is 10.8 Å². The van der Waals surface area contributed by atoms with Gasteiger partial charge in [0.05, 0.1) is 6.10 Å². The van der Waals surface area contributed by atoms with Crippen LogP contribution < -0.4 is 4.74 Å². The van der Waals surface area contributed by atoms with Gasteiger partial charge in [-0.3, -0.25) is 0 Å². The quantitative estimate of drug-likeness (QED) is 0.675. The van der Waals surface area contributed by atoms with Gasteiger partial charge in [0.1, 0.15) is 18.2 Å². The molecule has 23 heavy (non-hydrogen) atoms. The van der Waals surface area contributed by atoms with E-state index in [9.17, 15) is 9.50 Å². The fourth-order valence-corrected chi connectivity index (χ4v) is 3.03. The molecular weight excluding hydrogens is 311 g/mol. The summed E-state index contributed by atoms with van der Waals surface area (Å²) < 4.78 is 18.5. The summed E-state index contributed by atoms with van der Waals surface area (Å²) in [5.41, 5.74) is 0. The van der Waals surface area contributed by atoms with Crippen LogP contribution in [0.15, 0.2) is 71.6 Å². The molecule has 1 unspecified atom stereocenters. The summed E-state index contributed by atoms with van der Waals surface area (Å²) in [5, 5.41) is 12.3. The van der Waals surface area contributed by atoms with E-state index in [0.717, 1.165) is 21.4 Å². The Kier molecular flexibility index (Phi) is 5.16. The number of ether oxygens (including phenoxy) is 1. The highest BCUT2D eigenvalue weighted by molar-refractivity contribution is 7.99. The molecule has 3 rings (SSSR count). The van der Waals surface area contributed by atoms with Gasteiger partial charge in [-0.2, -0.15) is 0 Å². The van der Waals surface area contributed by atoms with E-state index in [2.05, 4.69) is 0 Å². The normalized spacial score (nSPS) is 12.3. The third kappa shape index (κ3) is 4.47. The molecule has 0 saturated heterocycles. The van der Waals surface area contributed by atoms with Crippen molar-refractivity contribution >= 4 is 22.5 Å². The van der Waals surface area contributed by atoms with E-state index >= 15 is 0 Å². The van der Waals surface area contributed by atoms with Crippen molar-refractivity contribution in [1.29, 1.82) is 0 Å². The zero-order chi connectivity index (χ0) is 16.1. The highest BCUT2D eigenvalue weighted by Gasteiger charge is 2.07. The first kappa shape index (κ1) is 15.8. The summed E-state index contributed by atoms with van der Waals surface area (Å²) in [6.45, 7) is 0.229. The van der Waals surface area contributed by atoms with E-state index in [1.165, 1.54) is 23.9 Å². The molecule has 2 nitrogen and oxygen atoms in total. The maximum Gasteiger partial charge on any atom is 0.123 e. The maximum atomic E-state index is 12.8. The molecular formula is C19H17FO2S. The van der Waals surface area contributed by atoms with Crippen molar-refractivity contribution in [2.75, 3.05) is 12.4 Å². The molecule has 0 heterocycles. The molecule has 0 aliphatic rings. The Morgan fingerprint density at radius 3 is 2.48 bits per heavy atom. The molecule has 0 aromatic heterocycles. The Labute approximate surface area is 138 Å². The summed E-state index contributed by atoms with van der Waals surface area (Å²) in [4.78, 5) is 0.927. The predicted octanol–water partition coefficient (Wildman–Crippen LogP) is 4.51. The van der Waals surface area contributed by atoms with Crippen molar-refractivity contribution in [3.05, 3.63) is 72.5 Å². The Balaban J connectivity index is 1.51. The molecule has 0 bridgehead atoms. The number of hydrogen-bond acceptors (Lipinski definition) is 3. The predicted molar refractivity (Wildman–Crippen MR) is 92.6 cm³/mol. The van der Waals surface area contributed by atoms with Gasteiger partial charge in [0.15, 0.2) is 0 Å². The van der Waals surface area contributed by atoms with Gasteiger partial charge in [0.2, 0.25) is 0 Å². The molecule has 0 amide bonds. The molecule has 0 spiro atoms. The van der Waals surface area contributed by atoms with Crippen LogP contribution in [-0.4, -0.2) is 23.6 Å². The van der Waals surface area contributed by atoms with Crippen LogP contribution >= 0.6 is 11.8 Å². The number of aliphatic hydroxyl groups is 1. The lowest BCUT2D eigenvalue weighted by molar-refractivity contribution is 0.126. The van der Waals surface area contributed by atoms with E-state index in [4.69, 9.17) is 4.74 Å². The van der Waals surface area contributed by atoms with E-state index in [-0.39, 0.29) is 12.4 Å². The van der Waals surface area contributed by atoms with Gasteiger partial charge in [0.25, 0.3) is 0 Å². The van der Waals surface area contributed by atoms with E-state index in [1.807, 2.05) is 42.5 Å². The van der Waals surface area contributed by atoms with E-state index in [0.29, 0.717) is 5.75 Å². The largest absolute Gasteiger partial charge is 0.491 e. The molecule has 3 aromatic rings. The summed E-state index contributed by atoms with van der Waals surface area (Å²) in [7, 11) is 0. The number of rotatable bonds is 6. The molecule has 0 radical (unpaired) electrons. The lowest BCUT2D eigenvalue weighted by Gasteiger charge is -2.12. The average Bonchev–Trinajstić information content (AvgIpc) is 2.59. The van der Waals surface area contributed by atoms with Gasteiger partial charge >= 0.3 is 0 Å². The van der Waals surface area contributed by atoms with Crippen LogP contribution in [0.3, 0.4) is 0 Å². The van der Waals surface area contributed by atoms with Gasteiger partial charge in [-0.1, -0.05) is 30.3 Å².